The first-order chi connectivity index (χ1) is 13.2. The van der Waals surface area contributed by atoms with Gasteiger partial charge in [-0.1, -0.05) is 55.5 Å². The van der Waals surface area contributed by atoms with Crippen molar-refractivity contribution in [3.63, 3.8) is 0 Å². The van der Waals surface area contributed by atoms with Gasteiger partial charge in [0.2, 0.25) is 0 Å². The van der Waals surface area contributed by atoms with Crippen LogP contribution in [0, 0.1) is 11.3 Å². The third-order valence-corrected chi connectivity index (χ3v) is 4.82. The highest BCUT2D eigenvalue weighted by atomic mass is 16.1. The normalized spacial score (nSPS) is 10.7. The molecule has 0 spiro atoms. The molecule has 0 fully saturated rings. The number of para-hydroxylation sites is 1. The van der Waals surface area contributed by atoms with Gasteiger partial charge in [-0.2, -0.15) is 5.26 Å². The van der Waals surface area contributed by atoms with E-state index in [1.165, 1.54) is 0 Å². The average molecular weight is 350 g/mol. The molecule has 0 atom stereocenters. The van der Waals surface area contributed by atoms with Crippen LogP contribution in [0.1, 0.15) is 18.2 Å². The third kappa shape index (κ3) is 2.92. The highest BCUT2D eigenvalue weighted by molar-refractivity contribution is 5.96. The van der Waals surface area contributed by atoms with Crippen molar-refractivity contribution in [3.05, 3.63) is 100 Å². The van der Waals surface area contributed by atoms with Crippen molar-refractivity contribution in [2.75, 3.05) is 0 Å². The smallest absolute Gasteiger partial charge is 0.263 e. The van der Waals surface area contributed by atoms with E-state index in [1.807, 2.05) is 60.7 Å². The Kier molecular flexibility index (Phi) is 4.32. The zero-order valence-electron chi connectivity index (χ0n) is 15.0. The van der Waals surface area contributed by atoms with Crippen LogP contribution in [0.25, 0.3) is 27.6 Å². The number of hydrogen-bond donors (Lipinski definition) is 0. The second-order valence-electron chi connectivity index (χ2n) is 6.42. The second-order valence-corrected chi connectivity index (χ2v) is 6.42. The molecule has 0 bridgehead atoms. The van der Waals surface area contributed by atoms with E-state index in [0.717, 1.165) is 34.3 Å². The fraction of sp³-hybridized carbons (Fsp3) is 0.0833. The number of nitriles is 1. The Morgan fingerprint density at radius 1 is 0.926 bits per heavy atom. The highest BCUT2D eigenvalue weighted by Gasteiger charge is 2.14. The molecule has 3 nitrogen and oxygen atoms in total. The summed E-state index contributed by atoms with van der Waals surface area (Å²) in [5, 5.41) is 10.7. The number of pyridine rings is 1. The minimum Gasteiger partial charge on any atom is -0.281 e. The van der Waals surface area contributed by atoms with Gasteiger partial charge in [0, 0.05) is 11.4 Å². The average Bonchev–Trinajstić information content (AvgIpc) is 2.73. The summed E-state index contributed by atoms with van der Waals surface area (Å²) < 4.78 is 1.80. The molecule has 27 heavy (non-hydrogen) atoms. The van der Waals surface area contributed by atoms with E-state index in [2.05, 4.69) is 19.1 Å². The van der Waals surface area contributed by atoms with E-state index in [-0.39, 0.29) is 5.56 Å². The molecule has 0 aliphatic heterocycles. The fourth-order valence-electron chi connectivity index (χ4n) is 3.50. The van der Waals surface area contributed by atoms with E-state index >= 15 is 0 Å². The first kappa shape index (κ1) is 16.8. The molecule has 0 saturated heterocycles. The third-order valence-electron chi connectivity index (χ3n) is 4.82. The van der Waals surface area contributed by atoms with Crippen LogP contribution < -0.4 is 5.56 Å². The molecule has 3 aromatic carbocycles. The highest BCUT2D eigenvalue weighted by Crippen LogP contribution is 2.28. The van der Waals surface area contributed by atoms with Gasteiger partial charge in [-0.25, -0.2) is 0 Å². The van der Waals surface area contributed by atoms with Crippen LogP contribution in [0.4, 0.5) is 0 Å². The number of hydrogen-bond acceptors (Lipinski definition) is 2. The molecule has 0 radical (unpaired) electrons. The lowest BCUT2D eigenvalue weighted by molar-refractivity contribution is 0.889. The lowest BCUT2D eigenvalue weighted by Crippen LogP contribution is -2.22. The van der Waals surface area contributed by atoms with Crippen molar-refractivity contribution in [3.8, 4) is 22.9 Å². The SMILES string of the molecule is CCc1cc2cccc(-c3ccc(C#N)cc3)c2c(=O)n1-c1ccccc1. The van der Waals surface area contributed by atoms with E-state index in [9.17, 15) is 4.79 Å². The van der Waals surface area contributed by atoms with Crippen LogP contribution in [-0.4, -0.2) is 4.57 Å². The molecule has 130 valence electrons. The summed E-state index contributed by atoms with van der Waals surface area (Å²) in [6.45, 7) is 2.06. The van der Waals surface area contributed by atoms with Crippen molar-refractivity contribution in [1.29, 1.82) is 5.26 Å². The van der Waals surface area contributed by atoms with Gasteiger partial charge in [0.15, 0.2) is 0 Å². The summed E-state index contributed by atoms with van der Waals surface area (Å²) in [7, 11) is 0. The molecule has 0 unspecified atom stereocenters. The Hall–Kier alpha value is -3.64. The monoisotopic (exact) mass is 350 g/mol. The largest absolute Gasteiger partial charge is 0.281 e. The topological polar surface area (TPSA) is 45.8 Å². The van der Waals surface area contributed by atoms with E-state index in [4.69, 9.17) is 5.26 Å². The van der Waals surface area contributed by atoms with Crippen LogP contribution >= 0.6 is 0 Å². The Labute approximate surface area is 157 Å². The van der Waals surface area contributed by atoms with Crippen molar-refractivity contribution in [2.45, 2.75) is 13.3 Å². The first-order valence-electron chi connectivity index (χ1n) is 8.96. The minimum atomic E-state index is -0.0180. The molecule has 0 aliphatic rings. The summed E-state index contributed by atoms with van der Waals surface area (Å²) >= 11 is 0. The molecule has 0 N–H and O–H groups in total. The van der Waals surface area contributed by atoms with Gasteiger partial charge >= 0.3 is 0 Å². The van der Waals surface area contributed by atoms with Crippen LogP contribution in [-0.2, 0) is 6.42 Å². The van der Waals surface area contributed by atoms with Crippen LogP contribution in [0.3, 0.4) is 0 Å². The van der Waals surface area contributed by atoms with Crippen LogP contribution in [0.2, 0.25) is 0 Å². The zero-order chi connectivity index (χ0) is 18.8. The number of aromatic nitrogens is 1. The number of benzene rings is 3. The maximum absolute atomic E-state index is 13.5. The minimum absolute atomic E-state index is 0.0180. The van der Waals surface area contributed by atoms with Crippen molar-refractivity contribution in [2.24, 2.45) is 0 Å². The number of rotatable bonds is 3. The fourth-order valence-corrected chi connectivity index (χ4v) is 3.50. The molecule has 0 saturated carbocycles. The summed E-state index contributed by atoms with van der Waals surface area (Å²) in [4.78, 5) is 13.5. The molecule has 0 amide bonds. The molecule has 1 heterocycles. The molecule has 0 aliphatic carbocycles. The summed E-state index contributed by atoms with van der Waals surface area (Å²) in [6.07, 6.45) is 0.765. The second kappa shape index (κ2) is 6.93. The summed E-state index contributed by atoms with van der Waals surface area (Å²) in [6, 6.07) is 27.3. The van der Waals surface area contributed by atoms with Gasteiger partial charge in [-0.05, 0) is 53.3 Å². The molecule has 1 aromatic heterocycles. The lowest BCUT2D eigenvalue weighted by Gasteiger charge is -2.15. The maximum atomic E-state index is 13.5. The van der Waals surface area contributed by atoms with E-state index in [0.29, 0.717) is 10.9 Å². The standard InChI is InChI=1S/C24H18N2O/c1-2-20-15-19-7-6-10-22(18-13-11-17(16-25)12-14-18)23(19)24(27)26(20)21-8-4-3-5-9-21/h3-15H,2H2,1H3. The van der Waals surface area contributed by atoms with Crippen molar-refractivity contribution in [1.82, 2.24) is 4.57 Å². The van der Waals surface area contributed by atoms with Crippen molar-refractivity contribution < 1.29 is 0 Å². The molecule has 4 aromatic rings. The number of aryl methyl sites for hydroxylation is 1. The predicted octanol–water partition coefficient (Wildman–Crippen LogP) is 5.09. The Balaban J connectivity index is 2.05. The lowest BCUT2D eigenvalue weighted by atomic mass is 9.97. The molecule has 4 rings (SSSR count). The van der Waals surface area contributed by atoms with Gasteiger partial charge in [-0.3, -0.25) is 9.36 Å². The van der Waals surface area contributed by atoms with E-state index in [1.54, 1.807) is 16.7 Å². The van der Waals surface area contributed by atoms with Gasteiger partial charge in [0.25, 0.3) is 5.56 Å². The van der Waals surface area contributed by atoms with Gasteiger partial charge in [0.1, 0.15) is 0 Å². The Morgan fingerprint density at radius 3 is 2.33 bits per heavy atom. The molecule has 3 heteroatoms. The van der Waals surface area contributed by atoms with E-state index < -0.39 is 0 Å². The van der Waals surface area contributed by atoms with Gasteiger partial charge in [-0.15, -0.1) is 0 Å². The van der Waals surface area contributed by atoms with Gasteiger partial charge in [0.05, 0.1) is 17.0 Å². The molecular formula is C24H18N2O. The number of fused-ring (bicyclic) bond motifs is 1. The predicted molar refractivity (Wildman–Crippen MR) is 109 cm³/mol. The Morgan fingerprint density at radius 2 is 1.67 bits per heavy atom. The Bertz CT molecular complexity index is 1210. The zero-order valence-corrected chi connectivity index (χ0v) is 15.0. The van der Waals surface area contributed by atoms with Crippen molar-refractivity contribution >= 4 is 10.8 Å². The quantitative estimate of drug-likeness (QED) is 0.516. The van der Waals surface area contributed by atoms with Gasteiger partial charge < -0.3 is 0 Å². The van der Waals surface area contributed by atoms with Crippen LogP contribution in [0.5, 0.6) is 0 Å². The summed E-state index contributed by atoms with van der Waals surface area (Å²) in [5.74, 6) is 0. The maximum Gasteiger partial charge on any atom is 0.263 e. The molecular weight excluding hydrogens is 332 g/mol. The summed E-state index contributed by atoms with van der Waals surface area (Å²) in [5.41, 5.74) is 4.26. The number of nitrogens with zero attached hydrogens (tertiary/aromatic N) is 2. The van der Waals surface area contributed by atoms with Crippen LogP contribution in [0.15, 0.2) is 83.7 Å². The first-order valence-corrected chi connectivity index (χ1v) is 8.96.